The minimum Gasteiger partial charge on any atom is -0.481 e. The van der Waals surface area contributed by atoms with Crippen molar-refractivity contribution in [2.75, 3.05) is 6.54 Å². The minimum absolute atomic E-state index is 0.109. The highest BCUT2D eigenvalue weighted by molar-refractivity contribution is 7.76. The smallest absolute Gasteiger partial charge is 0.304 e. The van der Waals surface area contributed by atoms with Gasteiger partial charge in [-0.25, -0.2) is 4.21 Å². The van der Waals surface area contributed by atoms with Gasteiger partial charge in [0.05, 0.1) is 17.9 Å². The number of amides is 1. The molecule has 1 saturated carbocycles. The van der Waals surface area contributed by atoms with E-state index in [1.165, 1.54) is 4.31 Å². The van der Waals surface area contributed by atoms with Gasteiger partial charge in [0.15, 0.2) is 0 Å². The zero-order chi connectivity index (χ0) is 30.0. The zero-order valence-corrected chi connectivity index (χ0v) is 25.6. The van der Waals surface area contributed by atoms with Gasteiger partial charge in [-0.2, -0.15) is 4.31 Å². The Kier molecular flexibility index (Phi) is 9.40. The monoisotopic (exact) mass is 628 g/mol. The van der Waals surface area contributed by atoms with Crippen molar-refractivity contribution < 1.29 is 23.5 Å². The lowest BCUT2D eigenvalue weighted by molar-refractivity contribution is -0.161. The number of hydrogen-bond acceptors (Lipinski definition) is 3. The summed E-state index contributed by atoms with van der Waals surface area (Å²) in [6.07, 6.45) is 1.72. The molecular formula is C32H34Cl2N2O5S. The Morgan fingerprint density at radius 3 is 2.31 bits per heavy atom. The van der Waals surface area contributed by atoms with E-state index in [0.717, 1.165) is 29.5 Å². The fourth-order valence-corrected chi connectivity index (χ4v) is 7.23. The summed E-state index contributed by atoms with van der Waals surface area (Å²) >= 11 is 10.4. The van der Waals surface area contributed by atoms with E-state index < -0.39 is 34.7 Å². The van der Waals surface area contributed by atoms with Crippen LogP contribution < -0.4 is 0 Å². The first-order valence-electron chi connectivity index (χ1n) is 14.0. The molecule has 2 fully saturated rings. The minimum atomic E-state index is -2.30. The van der Waals surface area contributed by atoms with Gasteiger partial charge in [0.25, 0.3) is 0 Å². The van der Waals surface area contributed by atoms with Crippen LogP contribution in [0.3, 0.4) is 0 Å². The second-order valence-corrected chi connectivity index (χ2v) is 13.5. The van der Waals surface area contributed by atoms with Gasteiger partial charge < -0.3 is 10.0 Å². The van der Waals surface area contributed by atoms with E-state index in [0.29, 0.717) is 16.5 Å². The second-order valence-electron chi connectivity index (χ2n) is 11.6. The second kappa shape index (κ2) is 12.9. The standard InChI is InChI=1S/C32H34Cl2N2O5S/c1-32(18-29(37)38)17-27(24-8-5-9-26(34)16-24)30(23-12-14-25(33)15-13-23)36(31(32)39)28(22-10-11-22)20-35(42(40)41)19-21-6-3-2-4-7-21/h2-9,12-16,22,27-28,30H,10-11,17-20H2,1H3,(H,37,38)(H,40,41)/t27?,28?,30-,32-/m1/s1. The van der Waals surface area contributed by atoms with Crippen LogP contribution in [-0.2, 0) is 27.4 Å². The molecule has 1 saturated heterocycles. The molecule has 0 radical (unpaired) electrons. The quantitative estimate of drug-likeness (QED) is 0.224. The number of carbonyl (C=O) groups is 2. The lowest BCUT2D eigenvalue weighted by Crippen LogP contribution is -2.59. The Balaban J connectivity index is 1.64. The molecule has 3 unspecified atom stereocenters. The third-order valence-corrected chi connectivity index (χ3v) is 9.68. The molecule has 0 spiro atoms. The maximum absolute atomic E-state index is 14.6. The van der Waals surface area contributed by atoms with Gasteiger partial charge in [-0.1, -0.05) is 84.7 Å². The molecule has 3 aromatic rings. The molecule has 0 aromatic heterocycles. The van der Waals surface area contributed by atoms with Crippen molar-refractivity contribution in [3.8, 4) is 0 Å². The average Bonchev–Trinajstić information content (AvgIpc) is 3.79. The molecule has 0 bridgehead atoms. The van der Waals surface area contributed by atoms with E-state index in [9.17, 15) is 23.5 Å². The van der Waals surface area contributed by atoms with Crippen LogP contribution in [0.4, 0.5) is 0 Å². The molecule has 42 heavy (non-hydrogen) atoms. The molecule has 3 aromatic carbocycles. The summed E-state index contributed by atoms with van der Waals surface area (Å²) in [6.45, 7) is 2.11. The number of carbonyl (C=O) groups excluding carboxylic acids is 1. The predicted octanol–water partition coefficient (Wildman–Crippen LogP) is 6.95. The molecule has 10 heteroatoms. The van der Waals surface area contributed by atoms with Gasteiger partial charge in [-0.3, -0.25) is 14.1 Å². The third kappa shape index (κ3) is 6.90. The lowest BCUT2D eigenvalue weighted by Gasteiger charge is -2.52. The van der Waals surface area contributed by atoms with Crippen LogP contribution in [0.15, 0.2) is 78.9 Å². The molecule has 1 heterocycles. The highest BCUT2D eigenvalue weighted by atomic mass is 35.5. The number of benzene rings is 3. The topological polar surface area (TPSA) is 98.2 Å². The van der Waals surface area contributed by atoms with E-state index in [2.05, 4.69) is 0 Å². The SMILES string of the molecule is C[C@]1(CC(=O)O)CC(c2cccc(Cl)c2)[C@@H](c2ccc(Cl)cc2)N(C(CN(Cc2ccccc2)S(=O)O)C2CC2)C1=O. The lowest BCUT2D eigenvalue weighted by atomic mass is 9.67. The van der Waals surface area contributed by atoms with Gasteiger partial charge in [-0.05, 0) is 66.1 Å². The Morgan fingerprint density at radius 2 is 1.71 bits per heavy atom. The van der Waals surface area contributed by atoms with Crippen molar-refractivity contribution in [1.29, 1.82) is 0 Å². The van der Waals surface area contributed by atoms with Crippen molar-refractivity contribution in [2.24, 2.45) is 11.3 Å². The summed E-state index contributed by atoms with van der Waals surface area (Å²) in [4.78, 5) is 28.6. The average molecular weight is 630 g/mol. The van der Waals surface area contributed by atoms with Gasteiger partial charge in [0.1, 0.15) is 0 Å². The molecule has 7 nitrogen and oxygen atoms in total. The van der Waals surface area contributed by atoms with Gasteiger partial charge in [0, 0.05) is 35.1 Å². The van der Waals surface area contributed by atoms with Crippen molar-refractivity contribution in [2.45, 2.75) is 57.2 Å². The van der Waals surface area contributed by atoms with Crippen LogP contribution in [0.5, 0.6) is 0 Å². The van der Waals surface area contributed by atoms with E-state index in [4.69, 9.17) is 23.2 Å². The largest absolute Gasteiger partial charge is 0.481 e. The molecular weight excluding hydrogens is 595 g/mol. The Morgan fingerprint density at radius 1 is 1.02 bits per heavy atom. The van der Waals surface area contributed by atoms with Gasteiger partial charge in [-0.15, -0.1) is 0 Å². The predicted molar refractivity (Wildman–Crippen MR) is 164 cm³/mol. The fourth-order valence-electron chi connectivity index (χ4n) is 6.37. The number of aliphatic carboxylic acids is 1. The molecule has 1 aliphatic heterocycles. The highest BCUT2D eigenvalue weighted by Crippen LogP contribution is 2.54. The molecule has 5 atom stereocenters. The number of halogens is 2. The van der Waals surface area contributed by atoms with Crippen LogP contribution in [0.25, 0.3) is 0 Å². The molecule has 5 rings (SSSR count). The number of nitrogens with zero attached hydrogens (tertiary/aromatic N) is 2. The Bertz CT molecular complexity index is 1450. The van der Waals surface area contributed by atoms with Crippen LogP contribution >= 0.6 is 23.2 Å². The molecule has 1 aliphatic carbocycles. The summed E-state index contributed by atoms with van der Waals surface area (Å²) < 4.78 is 24.5. The van der Waals surface area contributed by atoms with E-state index in [1.807, 2.05) is 65.6 Å². The van der Waals surface area contributed by atoms with Gasteiger partial charge in [0.2, 0.25) is 17.2 Å². The van der Waals surface area contributed by atoms with E-state index in [1.54, 1.807) is 25.1 Å². The third-order valence-electron chi connectivity index (χ3n) is 8.47. The first-order chi connectivity index (χ1) is 20.1. The number of carboxylic acids is 1. The summed E-state index contributed by atoms with van der Waals surface area (Å²) in [5.41, 5.74) is 1.44. The normalized spacial score (nSPS) is 24.0. The molecule has 222 valence electrons. The van der Waals surface area contributed by atoms with Crippen LogP contribution in [0, 0.1) is 11.3 Å². The zero-order valence-electron chi connectivity index (χ0n) is 23.2. The summed E-state index contributed by atoms with van der Waals surface area (Å²) in [5, 5.41) is 11.0. The maximum Gasteiger partial charge on any atom is 0.304 e. The summed E-state index contributed by atoms with van der Waals surface area (Å²) in [6, 6.07) is 23.4. The van der Waals surface area contributed by atoms with Crippen molar-refractivity contribution in [3.63, 3.8) is 0 Å². The Labute approximate surface area is 258 Å². The highest BCUT2D eigenvalue weighted by Gasteiger charge is 2.54. The molecule has 2 aliphatic rings. The molecule has 2 N–H and O–H groups in total. The van der Waals surface area contributed by atoms with Crippen LogP contribution in [-0.4, -0.2) is 47.5 Å². The number of piperidine rings is 1. The van der Waals surface area contributed by atoms with Crippen molar-refractivity contribution >= 4 is 46.3 Å². The number of carboxylic acid groups (broad SMARTS) is 1. The van der Waals surface area contributed by atoms with Crippen molar-refractivity contribution in [1.82, 2.24) is 9.21 Å². The number of likely N-dealkylation sites (tertiary alicyclic amines) is 1. The maximum atomic E-state index is 14.6. The van der Waals surface area contributed by atoms with Crippen molar-refractivity contribution in [3.05, 3.63) is 106 Å². The summed E-state index contributed by atoms with van der Waals surface area (Å²) in [5.74, 6) is -1.48. The van der Waals surface area contributed by atoms with Crippen LogP contribution in [0.1, 0.15) is 61.3 Å². The van der Waals surface area contributed by atoms with Crippen LogP contribution in [0.2, 0.25) is 10.0 Å². The van der Waals surface area contributed by atoms with E-state index in [-0.39, 0.29) is 37.3 Å². The number of hydrogen-bond donors (Lipinski definition) is 2. The Hall–Kier alpha value is -2.75. The number of rotatable bonds is 11. The van der Waals surface area contributed by atoms with E-state index >= 15 is 0 Å². The first kappa shape index (κ1) is 30.7. The first-order valence-corrected chi connectivity index (χ1v) is 15.8. The fraction of sp³-hybridized carbons (Fsp3) is 0.375. The summed E-state index contributed by atoms with van der Waals surface area (Å²) in [7, 11) is 0. The van der Waals surface area contributed by atoms with Gasteiger partial charge >= 0.3 is 5.97 Å². The molecule has 1 amide bonds.